The second-order valence-electron chi connectivity index (χ2n) is 6.62. The molecule has 0 N–H and O–H groups in total. The molecule has 0 saturated carbocycles. The molecule has 28 heavy (non-hydrogen) atoms. The summed E-state index contributed by atoms with van der Waals surface area (Å²) in [5.41, 5.74) is 2.68. The van der Waals surface area contributed by atoms with Crippen molar-refractivity contribution in [3.8, 4) is 11.8 Å². The molecule has 3 aromatic rings. The van der Waals surface area contributed by atoms with Crippen molar-refractivity contribution in [3.05, 3.63) is 83.7 Å². The molecule has 0 aliphatic heterocycles. The van der Waals surface area contributed by atoms with E-state index in [1.165, 1.54) is 5.56 Å². The van der Waals surface area contributed by atoms with Gasteiger partial charge in [0, 0.05) is 25.4 Å². The molecule has 0 bridgehead atoms. The smallest absolute Gasteiger partial charge is 0.263 e. The monoisotopic (exact) mass is 374 g/mol. The number of carbonyl (C=O) groups excluding carboxylic acids is 1. The van der Waals surface area contributed by atoms with E-state index in [1.807, 2.05) is 29.1 Å². The molecule has 6 nitrogen and oxygen atoms in total. The fourth-order valence-electron chi connectivity index (χ4n) is 2.87. The SMILES string of the molecule is C[C@@H](Oc1ccc(C#N)cc1)C(=O)N(C)Cc1cnn(Cc2ccccc2)c1. The third kappa shape index (κ3) is 4.98. The average Bonchev–Trinajstić information content (AvgIpc) is 3.15. The molecular weight excluding hydrogens is 352 g/mol. The molecule has 142 valence electrons. The summed E-state index contributed by atoms with van der Waals surface area (Å²) in [5.74, 6) is 0.434. The molecule has 0 aliphatic rings. The van der Waals surface area contributed by atoms with E-state index in [1.54, 1.807) is 49.3 Å². The van der Waals surface area contributed by atoms with Crippen LogP contribution in [0.5, 0.6) is 5.75 Å². The summed E-state index contributed by atoms with van der Waals surface area (Å²) in [6.07, 6.45) is 3.10. The molecule has 0 radical (unpaired) electrons. The van der Waals surface area contributed by atoms with Gasteiger partial charge in [-0.3, -0.25) is 9.48 Å². The van der Waals surface area contributed by atoms with E-state index in [-0.39, 0.29) is 5.91 Å². The predicted molar refractivity (Wildman–Crippen MR) is 105 cm³/mol. The molecule has 2 aromatic carbocycles. The zero-order valence-electron chi connectivity index (χ0n) is 15.9. The van der Waals surface area contributed by atoms with Crippen molar-refractivity contribution < 1.29 is 9.53 Å². The quantitative estimate of drug-likeness (QED) is 0.637. The highest BCUT2D eigenvalue weighted by Crippen LogP contribution is 2.15. The Labute approximate surface area is 164 Å². The van der Waals surface area contributed by atoms with Gasteiger partial charge in [0.2, 0.25) is 0 Å². The van der Waals surface area contributed by atoms with Crippen LogP contribution in [0.1, 0.15) is 23.6 Å². The van der Waals surface area contributed by atoms with Crippen LogP contribution in [0.15, 0.2) is 67.0 Å². The Hall–Kier alpha value is -3.59. The summed E-state index contributed by atoms with van der Waals surface area (Å²) in [6, 6.07) is 18.9. The fraction of sp³-hybridized carbons (Fsp3) is 0.227. The van der Waals surface area contributed by atoms with Crippen LogP contribution in [-0.4, -0.2) is 33.7 Å². The first-order chi connectivity index (χ1) is 13.5. The van der Waals surface area contributed by atoms with Gasteiger partial charge >= 0.3 is 0 Å². The number of amides is 1. The zero-order chi connectivity index (χ0) is 19.9. The first-order valence-corrected chi connectivity index (χ1v) is 9.02. The molecule has 6 heteroatoms. The summed E-state index contributed by atoms with van der Waals surface area (Å²) < 4.78 is 7.56. The Kier molecular flexibility index (Phi) is 6.07. The highest BCUT2D eigenvalue weighted by molar-refractivity contribution is 5.80. The van der Waals surface area contributed by atoms with E-state index >= 15 is 0 Å². The van der Waals surface area contributed by atoms with Crippen LogP contribution in [0.2, 0.25) is 0 Å². The van der Waals surface area contributed by atoms with E-state index in [0.29, 0.717) is 24.4 Å². The molecule has 1 aromatic heterocycles. The topological polar surface area (TPSA) is 71.2 Å². The van der Waals surface area contributed by atoms with Crippen LogP contribution in [-0.2, 0) is 17.9 Å². The highest BCUT2D eigenvalue weighted by Gasteiger charge is 2.20. The van der Waals surface area contributed by atoms with Gasteiger partial charge in [-0.05, 0) is 36.8 Å². The number of hydrogen-bond acceptors (Lipinski definition) is 4. The highest BCUT2D eigenvalue weighted by atomic mass is 16.5. The number of rotatable bonds is 7. The van der Waals surface area contributed by atoms with Crippen molar-refractivity contribution in [3.63, 3.8) is 0 Å². The average molecular weight is 374 g/mol. The van der Waals surface area contributed by atoms with Crippen LogP contribution < -0.4 is 4.74 Å². The van der Waals surface area contributed by atoms with E-state index in [4.69, 9.17) is 10.00 Å². The minimum atomic E-state index is -0.628. The zero-order valence-corrected chi connectivity index (χ0v) is 15.9. The minimum Gasteiger partial charge on any atom is -0.481 e. The summed E-state index contributed by atoms with van der Waals surface area (Å²) in [5, 5.41) is 13.2. The van der Waals surface area contributed by atoms with Crippen LogP contribution in [0.4, 0.5) is 0 Å². The Morgan fingerprint density at radius 2 is 1.89 bits per heavy atom. The summed E-state index contributed by atoms with van der Waals surface area (Å²) in [6.45, 7) is 2.86. The van der Waals surface area contributed by atoms with Crippen molar-refractivity contribution in [1.29, 1.82) is 5.26 Å². The number of aromatic nitrogens is 2. The molecule has 0 fully saturated rings. The van der Waals surface area contributed by atoms with Gasteiger partial charge in [-0.2, -0.15) is 10.4 Å². The molecule has 1 amide bonds. The van der Waals surface area contributed by atoms with Crippen molar-refractivity contribution in [1.82, 2.24) is 14.7 Å². The lowest BCUT2D eigenvalue weighted by atomic mass is 10.2. The lowest BCUT2D eigenvalue weighted by molar-refractivity contribution is -0.137. The maximum atomic E-state index is 12.6. The van der Waals surface area contributed by atoms with Gasteiger partial charge in [0.1, 0.15) is 5.75 Å². The molecule has 0 saturated heterocycles. The number of nitriles is 1. The van der Waals surface area contributed by atoms with Crippen LogP contribution in [0.25, 0.3) is 0 Å². The van der Waals surface area contributed by atoms with Crippen molar-refractivity contribution in [2.75, 3.05) is 7.05 Å². The third-order valence-electron chi connectivity index (χ3n) is 4.31. The fourth-order valence-corrected chi connectivity index (χ4v) is 2.87. The molecule has 3 rings (SSSR count). The van der Waals surface area contributed by atoms with E-state index < -0.39 is 6.10 Å². The Morgan fingerprint density at radius 3 is 2.57 bits per heavy atom. The van der Waals surface area contributed by atoms with Crippen LogP contribution >= 0.6 is 0 Å². The second-order valence-corrected chi connectivity index (χ2v) is 6.62. The number of likely N-dealkylation sites (N-methyl/N-ethyl adjacent to an activating group) is 1. The van der Waals surface area contributed by atoms with Crippen molar-refractivity contribution in [2.24, 2.45) is 0 Å². The Bertz CT molecular complexity index is 958. The first-order valence-electron chi connectivity index (χ1n) is 9.02. The van der Waals surface area contributed by atoms with Gasteiger partial charge in [-0.15, -0.1) is 0 Å². The van der Waals surface area contributed by atoms with E-state index in [9.17, 15) is 4.79 Å². The van der Waals surface area contributed by atoms with Gasteiger partial charge < -0.3 is 9.64 Å². The predicted octanol–water partition coefficient (Wildman–Crippen LogP) is 3.23. The molecule has 1 atom stereocenters. The Morgan fingerprint density at radius 1 is 1.18 bits per heavy atom. The number of hydrogen-bond donors (Lipinski definition) is 0. The number of nitrogens with zero attached hydrogens (tertiary/aromatic N) is 4. The van der Waals surface area contributed by atoms with Gasteiger partial charge in [0.05, 0.1) is 24.4 Å². The molecular formula is C22H22N4O2. The summed E-state index contributed by atoms with van der Waals surface area (Å²) in [4.78, 5) is 14.2. The molecule has 0 spiro atoms. The summed E-state index contributed by atoms with van der Waals surface area (Å²) >= 11 is 0. The third-order valence-corrected chi connectivity index (χ3v) is 4.31. The largest absolute Gasteiger partial charge is 0.481 e. The van der Waals surface area contributed by atoms with E-state index in [2.05, 4.69) is 23.3 Å². The van der Waals surface area contributed by atoms with Crippen LogP contribution in [0, 0.1) is 11.3 Å². The van der Waals surface area contributed by atoms with Gasteiger partial charge in [0.15, 0.2) is 6.10 Å². The molecule has 0 unspecified atom stereocenters. The first kappa shape index (κ1) is 19.2. The number of carbonyl (C=O) groups is 1. The standard InChI is InChI=1S/C22H22N4O2/c1-17(28-21-10-8-18(12-23)9-11-21)22(27)25(2)14-20-13-24-26(16-20)15-19-6-4-3-5-7-19/h3-11,13,16-17H,14-15H2,1-2H3/t17-/m1/s1. The maximum Gasteiger partial charge on any atom is 0.263 e. The molecule has 0 aliphatic carbocycles. The van der Waals surface area contributed by atoms with E-state index in [0.717, 1.165) is 5.56 Å². The lowest BCUT2D eigenvalue weighted by Crippen LogP contribution is -2.37. The van der Waals surface area contributed by atoms with Gasteiger partial charge in [-0.1, -0.05) is 30.3 Å². The van der Waals surface area contributed by atoms with Gasteiger partial charge in [-0.25, -0.2) is 0 Å². The molecule has 1 heterocycles. The second kappa shape index (κ2) is 8.87. The maximum absolute atomic E-state index is 12.6. The summed E-state index contributed by atoms with van der Waals surface area (Å²) in [7, 11) is 1.75. The van der Waals surface area contributed by atoms with Crippen LogP contribution in [0.3, 0.4) is 0 Å². The minimum absolute atomic E-state index is 0.125. The lowest BCUT2D eigenvalue weighted by Gasteiger charge is -2.21. The normalized spacial score (nSPS) is 11.5. The Balaban J connectivity index is 1.55. The van der Waals surface area contributed by atoms with Crippen molar-refractivity contribution >= 4 is 5.91 Å². The van der Waals surface area contributed by atoms with Gasteiger partial charge in [0.25, 0.3) is 5.91 Å². The van der Waals surface area contributed by atoms with Crippen molar-refractivity contribution in [2.45, 2.75) is 26.1 Å². The number of benzene rings is 2. The number of ether oxygens (including phenoxy) is 1.